The van der Waals surface area contributed by atoms with Crippen LogP contribution in [0.3, 0.4) is 0 Å². The molecule has 1 amide bonds. The quantitative estimate of drug-likeness (QED) is 0.562. The Balaban J connectivity index is 1.90. The van der Waals surface area contributed by atoms with Crippen molar-refractivity contribution in [3.63, 3.8) is 0 Å². The molecule has 0 aliphatic carbocycles. The van der Waals surface area contributed by atoms with E-state index in [1.165, 1.54) is 11.1 Å². The maximum Gasteiger partial charge on any atom is 0.237 e. The van der Waals surface area contributed by atoms with Gasteiger partial charge in [0.2, 0.25) is 5.91 Å². The molecule has 18 heavy (non-hydrogen) atoms. The largest absolute Gasteiger partial charge is 0.394 e. The lowest BCUT2D eigenvalue weighted by Gasteiger charge is -2.25. The average Bonchev–Trinajstić information content (AvgIpc) is 2.43. The molecule has 5 heteroatoms. The smallest absolute Gasteiger partial charge is 0.237 e. The predicted octanol–water partition coefficient (Wildman–Crippen LogP) is -0.830. The molecule has 1 heterocycles. The van der Waals surface area contributed by atoms with Crippen LogP contribution in [0.1, 0.15) is 11.1 Å². The van der Waals surface area contributed by atoms with Gasteiger partial charge in [-0.2, -0.15) is 0 Å². The molecule has 1 aliphatic rings. The topological polar surface area (TPSA) is 81.6 Å². The summed E-state index contributed by atoms with van der Waals surface area (Å²) < 4.78 is 0. The number of fused-ring (bicyclic) bond motifs is 1. The molecule has 4 N–H and O–H groups in total. The van der Waals surface area contributed by atoms with Gasteiger partial charge in [0.25, 0.3) is 0 Å². The Kier molecular flexibility index (Phi) is 4.30. The molecule has 1 aromatic carbocycles. The molecule has 98 valence electrons. The number of benzene rings is 1. The molecular weight excluding hydrogens is 232 g/mol. The van der Waals surface area contributed by atoms with Gasteiger partial charge in [0.15, 0.2) is 0 Å². The van der Waals surface area contributed by atoms with Crippen molar-refractivity contribution in [2.75, 3.05) is 13.2 Å². The molecule has 0 spiro atoms. The van der Waals surface area contributed by atoms with Crippen LogP contribution in [-0.4, -0.2) is 41.4 Å². The van der Waals surface area contributed by atoms with Crippen molar-refractivity contribution in [2.45, 2.75) is 25.1 Å². The number of hydrogen-bond acceptors (Lipinski definition) is 4. The maximum absolute atomic E-state index is 11.9. The van der Waals surface area contributed by atoms with Crippen LogP contribution in [0.15, 0.2) is 24.3 Å². The van der Waals surface area contributed by atoms with Gasteiger partial charge >= 0.3 is 0 Å². The third-order valence-electron chi connectivity index (χ3n) is 3.12. The van der Waals surface area contributed by atoms with Crippen LogP contribution in [0.4, 0.5) is 0 Å². The monoisotopic (exact) mass is 250 g/mol. The van der Waals surface area contributed by atoms with Gasteiger partial charge < -0.3 is 20.8 Å². The normalized spacial score (nSPS) is 20.0. The molecule has 0 saturated carbocycles. The first-order valence-corrected chi connectivity index (χ1v) is 6.07. The van der Waals surface area contributed by atoms with Crippen molar-refractivity contribution in [2.24, 2.45) is 0 Å². The first-order chi connectivity index (χ1) is 8.70. The Bertz CT molecular complexity index is 422. The average molecular weight is 250 g/mol. The highest BCUT2D eigenvalue weighted by Crippen LogP contribution is 2.16. The Labute approximate surface area is 106 Å². The first kappa shape index (κ1) is 13.0. The van der Waals surface area contributed by atoms with Gasteiger partial charge in [-0.05, 0) is 17.5 Å². The fraction of sp³-hybridized carbons (Fsp3) is 0.462. The molecule has 1 unspecified atom stereocenters. The Hall–Kier alpha value is -1.43. The van der Waals surface area contributed by atoms with Crippen molar-refractivity contribution in [1.82, 2.24) is 10.6 Å². The minimum atomic E-state index is -0.898. The van der Waals surface area contributed by atoms with Gasteiger partial charge in [-0.15, -0.1) is 0 Å². The van der Waals surface area contributed by atoms with E-state index >= 15 is 0 Å². The van der Waals surface area contributed by atoms with Gasteiger partial charge in [0.05, 0.1) is 18.8 Å². The molecule has 5 nitrogen and oxygen atoms in total. The SMILES string of the molecule is O=C(NCC(O)CO)[C@H]1Cc2ccccc2CN1. The molecular formula is C13H18N2O3. The highest BCUT2D eigenvalue weighted by Gasteiger charge is 2.23. The zero-order valence-corrected chi connectivity index (χ0v) is 10.1. The maximum atomic E-state index is 11.9. The molecule has 0 saturated heterocycles. The minimum absolute atomic E-state index is 0.0785. The van der Waals surface area contributed by atoms with Crippen molar-refractivity contribution in [3.8, 4) is 0 Å². The number of hydrogen-bond donors (Lipinski definition) is 4. The highest BCUT2D eigenvalue weighted by molar-refractivity contribution is 5.82. The Morgan fingerprint density at radius 1 is 1.44 bits per heavy atom. The first-order valence-electron chi connectivity index (χ1n) is 6.07. The number of aliphatic hydroxyl groups is 2. The molecule has 0 fully saturated rings. The van der Waals surface area contributed by atoms with Crippen molar-refractivity contribution in [1.29, 1.82) is 0 Å². The van der Waals surface area contributed by atoms with Gasteiger partial charge in [0.1, 0.15) is 0 Å². The summed E-state index contributed by atoms with van der Waals surface area (Å²) in [5, 5.41) is 23.6. The van der Waals surface area contributed by atoms with E-state index in [1.807, 2.05) is 24.3 Å². The fourth-order valence-electron chi connectivity index (χ4n) is 2.05. The lowest BCUT2D eigenvalue weighted by Crippen LogP contribution is -2.49. The van der Waals surface area contributed by atoms with E-state index in [4.69, 9.17) is 5.11 Å². The van der Waals surface area contributed by atoms with E-state index in [-0.39, 0.29) is 25.1 Å². The zero-order valence-electron chi connectivity index (χ0n) is 10.1. The second-order valence-corrected chi connectivity index (χ2v) is 4.49. The second-order valence-electron chi connectivity index (χ2n) is 4.49. The summed E-state index contributed by atoms with van der Waals surface area (Å²) in [6.45, 7) is 0.410. The van der Waals surface area contributed by atoms with Crippen molar-refractivity contribution < 1.29 is 15.0 Å². The summed E-state index contributed by atoms with van der Waals surface area (Å²) >= 11 is 0. The minimum Gasteiger partial charge on any atom is -0.394 e. The van der Waals surface area contributed by atoms with Gasteiger partial charge in [-0.1, -0.05) is 24.3 Å². The van der Waals surface area contributed by atoms with Gasteiger partial charge in [-0.25, -0.2) is 0 Å². The lowest BCUT2D eigenvalue weighted by atomic mass is 9.95. The third-order valence-corrected chi connectivity index (χ3v) is 3.12. The molecule has 2 atom stereocenters. The van der Waals surface area contributed by atoms with E-state index in [2.05, 4.69) is 10.6 Å². The van der Waals surface area contributed by atoms with Crippen LogP contribution < -0.4 is 10.6 Å². The summed E-state index contributed by atoms with van der Waals surface area (Å²) in [6.07, 6.45) is -0.248. The van der Waals surface area contributed by atoms with Crippen LogP contribution >= 0.6 is 0 Å². The standard InChI is InChI=1S/C13H18N2O3/c16-8-11(17)7-15-13(18)12-5-9-3-1-2-4-10(9)6-14-12/h1-4,11-12,14,16-17H,5-8H2,(H,15,18)/t11?,12-/m1/s1. The van der Waals surface area contributed by atoms with Crippen LogP contribution in [0, 0.1) is 0 Å². The molecule has 0 bridgehead atoms. The fourth-order valence-corrected chi connectivity index (χ4v) is 2.05. The van der Waals surface area contributed by atoms with E-state index in [1.54, 1.807) is 0 Å². The summed E-state index contributed by atoms with van der Waals surface area (Å²) in [4.78, 5) is 11.9. The Morgan fingerprint density at radius 2 is 2.17 bits per heavy atom. The van der Waals surface area contributed by atoms with Crippen LogP contribution in [-0.2, 0) is 17.8 Å². The van der Waals surface area contributed by atoms with Gasteiger partial charge in [-0.3, -0.25) is 4.79 Å². The molecule has 0 aromatic heterocycles. The summed E-state index contributed by atoms with van der Waals surface area (Å²) in [7, 11) is 0. The highest BCUT2D eigenvalue weighted by atomic mass is 16.3. The van der Waals surface area contributed by atoms with Gasteiger partial charge in [0, 0.05) is 13.1 Å². The van der Waals surface area contributed by atoms with E-state index in [0.717, 1.165) is 0 Å². The predicted molar refractivity (Wildman–Crippen MR) is 66.9 cm³/mol. The Morgan fingerprint density at radius 3 is 2.89 bits per heavy atom. The summed E-state index contributed by atoms with van der Waals surface area (Å²) in [5.74, 6) is -0.142. The number of carbonyl (C=O) groups excluding carboxylic acids is 1. The number of rotatable bonds is 4. The van der Waals surface area contributed by atoms with Crippen molar-refractivity contribution >= 4 is 5.91 Å². The third kappa shape index (κ3) is 3.07. The summed E-state index contributed by atoms with van der Waals surface area (Å²) in [6, 6.07) is 7.75. The lowest BCUT2D eigenvalue weighted by molar-refractivity contribution is -0.123. The number of nitrogens with one attached hydrogen (secondary N) is 2. The van der Waals surface area contributed by atoms with Crippen LogP contribution in [0.2, 0.25) is 0 Å². The van der Waals surface area contributed by atoms with Crippen LogP contribution in [0.5, 0.6) is 0 Å². The van der Waals surface area contributed by atoms with Crippen LogP contribution in [0.25, 0.3) is 0 Å². The zero-order chi connectivity index (χ0) is 13.0. The summed E-state index contributed by atoms with van der Waals surface area (Å²) in [5.41, 5.74) is 2.40. The molecule has 2 rings (SSSR count). The van der Waals surface area contributed by atoms with Crippen molar-refractivity contribution in [3.05, 3.63) is 35.4 Å². The van der Waals surface area contributed by atoms with E-state index < -0.39 is 6.10 Å². The molecule has 0 radical (unpaired) electrons. The number of amides is 1. The van der Waals surface area contributed by atoms with E-state index in [9.17, 15) is 9.90 Å². The molecule has 1 aromatic rings. The molecule has 1 aliphatic heterocycles. The number of carbonyl (C=O) groups is 1. The second kappa shape index (κ2) is 5.95. The number of aliphatic hydroxyl groups excluding tert-OH is 2. The van der Waals surface area contributed by atoms with E-state index in [0.29, 0.717) is 13.0 Å².